The van der Waals surface area contributed by atoms with Crippen LogP contribution < -0.4 is 11.1 Å². The van der Waals surface area contributed by atoms with E-state index in [2.05, 4.69) is 26.1 Å². The van der Waals surface area contributed by atoms with Gasteiger partial charge in [-0.25, -0.2) is 0 Å². The van der Waals surface area contributed by atoms with Crippen LogP contribution in [0.4, 0.5) is 0 Å². The molecule has 0 heterocycles. The smallest absolute Gasteiger partial charge is 0.0430 e. The van der Waals surface area contributed by atoms with Crippen molar-refractivity contribution in [3.63, 3.8) is 0 Å². The Hall–Kier alpha value is -0.0800. The molecule has 0 aliphatic heterocycles. The van der Waals surface area contributed by atoms with Gasteiger partial charge in [-0.2, -0.15) is 0 Å². The van der Waals surface area contributed by atoms with Gasteiger partial charge >= 0.3 is 0 Å². The van der Waals surface area contributed by atoms with Gasteiger partial charge in [0.15, 0.2) is 0 Å². The van der Waals surface area contributed by atoms with Gasteiger partial charge in [-0.3, -0.25) is 0 Å². The molecule has 0 spiro atoms. The lowest BCUT2D eigenvalue weighted by molar-refractivity contribution is 0.433. The lowest BCUT2D eigenvalue weighted by Gasteiger charge is -2.14. The number of hydrogen-bond acceptors (Lipinski definition) is 2. The van der Waals surface area contributed by atoms with Crippen molar-refractivity contribution in [1.82, 2.24) is 5.32 Å². The molecule has 0 rings (SSSR count). The third kappa shape index (κ3) is 2.99. The van der Waals surface area contributed by atoms with Crippen LogP contribution in [-0.2, 0) is 0 Å². The van der Waals surface area contributed by atoms with Crippen molar-refractivity contribution in [3.05, 3.63) is 0 Å². The largest absolute Gasteiger partial charge is 0.318 e. The van der Waals surface area contributed by atoms with E-state index in [1.165, 1.54) is 0 Å². The van der Waals surface area contributed by atoms with E-state index in [0.717, 1.165) is 0 Å². The SMILES string of the molecule is CC(C)C(C)NCN. The average molecular weight is 116 g/mol. The van der Waals surface area contributed by atoms with Crippen molar-refractivity contribution in [2.75, 3.05) is 6.67 Å². The van der Waals surface area contributed by atoms with Crippen molar-refractivity contribution >= 4 is 0 Å². The molecule has 0 radical (unpaired) electrons. The number of nitrogens with one attached hydrogen (secondary N) is 1. The van der Waals surface area contributed by atoms with Gasteiger partial charge in [-0.05, 0) is 12.8 Å². The monoisotopic (exact) mass is 116 g/mol. The first-order valence-corrected chi connectivity index (χ1v) is 3.12. The molecule has 0 aromatic carbocycles. The van der Waals surface area contributed by atoms with Crippen LogP contribution in [0.15, 0.2) is 0 Å². The molecular weight excluding hydrogens is 100 g/mol. The summed E-state index contributed by atoms with van der Waals surface area (Å²) in [7, 11) is 0. The molecule has 0 aliphatic carbocycles. The van der Waals surface area contributed by atoms with E-state index in [-0.39, 0.29) is 0 Å². The maximum atomic E-state index is 5.26. The van der Waals surface area contributed by atoms with Crippen molar-refractivity contribution in [2.24, 2.45) is 11.7 Å². The molecule has 0 aromatic heterocycles. The van der Waals surface area contributed by atoms with Gasteiger partial charge in [-0.15, -0.1) is 0 Å². The van der Waals surface area contributed by atoms with Gasteiger partial charge in [0, 0.05) is 12.7 Å². The number of rotatable bonds is 3. The van der Waals surface area contributed by atoms with E-state index >= 15 is 0 Å². The molecule has 0 fully saturated rings. The molecule has 1 unspecified atom stereocenters. The highest BCUT2D eigenvalue weighted by molar-refractivity contribution is 4.61. The summed E-state index contributed by atoms with van der Waals surface area (Å²) in [4.78, 5) is 0. The van der Waals surface area contributed by atoms with E-state index in [0.29, 0.717) is 18.6 Å². The predicted molar refractivity (Wildman–Crippen MR) is 36.5 cm³/mol. The zero-order valence-electron chi connectivity index (χ0n) is 5.94. The molecule has 0 saturated carbocycles. The lowest BCUT2D eigenvalue weighted by atomic mass is 10.1. The van der Waals surface area contributed by atoms with Gasteiger partial charge in [0.2, 0.25) is 0 Å². The molecule has 0 aromatic rings. The fraction of sp³-hybridized carbons (Fsp3) is 1.00. The Morgan fingerprint density at radius 2 is 1.88 bits per heavy atom. The maximum absolute atomic E-state index is 5.26. The van der Waals surface area contributed by atoms with Crippen LogP contribution >= 0.6 is 0 Å². The first-order chi connectivity index (χ1) is 3.68. The molecule has 0 amide bonds. The minimum atomic E-state index is 0.542. The fourth-order valence-electron chi connectivity index (χ4n) is 0.422. The second-order valence-electron chi connectivity index (χ2n) is 2.44. The van der Waals surface area contributed by atoms with E-state index in [1.807, 2.05) is 0 Å². The van der Waals surface area contributed by atoms with Gasteiger partial charge in [0.05, 0.1) is 0 Å². The van der Waals surface area contributed by atoms with Crippen molar-refractivity contribution < 1.29 is 0 Å². The average Bonchev–Trinajstić information content (AvgIpc) is 1.67. The standard InChI is InChI=1S/C6H16N2/c1-5(2)6(3)8-4-7/h5-6,8H,4,7H2,1-3H3. The van der Waals surface area contributed by atoms with Crippen molar-refractivity contribution in [3.8, 4) is 0 Å². The van der Waals surface area contributed by atoms with Crippen LogP contribution in [0.5, 0.6) is 0 Å². The molecule has 2 nitrogen and oxygen atoms in total. The van der Waals surface area contributed by atoms with Crippen molar-refractivity contribution in [2.45, 2.75) is 26.8 Å². The molecular formula is C6H16N2. The van der Waals surface area contributed by atoms with Crippen LogP contribution in [-0.4, -0.2) is 12.7 Å². The first kappa shape index (κ1) is 7.92. The highest BCUT2D eigenvalue weighted by Crippen LogP contribution is 1.97. The quantitative estimate of drug-likeness (QED) is 0.528. The van der Waals surface area contributed by atoms with E-state index in [9.17, 15) is 0 Å². The first-order valence-electron chi connectivity index (χ1n) is 3.12. The van der Waals surface area contributed by atoms with Crippen LogP contribution in [0.1, 0.15) is 20.8 Å². The Balaban J connectivity index is 3.17. The predicted octanol–water partition coefficient (Wildman–Crippen LogP) is 0.537. The van der Waals surface area contributed by atoms with Crippen LogP contribution in [0, 0.1) is 5.92 Å². The summed E-state index contributed by atoms with van der Waals surface area (Å²) >= 11 is 0. The molecule has 50 valence electrons. The van der Waals surface area contributed by atoms with E-state index in [4.69, 9.17) is 5.73 Å². The third-order valence-corrected chi connectivity index (χ3v) is 1.44. The summed E-state index contributed by atoms with van der Waals surface area (Å²) in [5, 5.41) is 3.12. The minimum absolute atomic E-state index is 0.542. The normalized spacial score (nSPS) is 14.6. The highest BCUT2D eigenvalue weighted by Gasteiger charge is 2.02. The summed E-state index contributed by atoms with van der Waals surface area (Å²) in [5.74, 6) is 0.679. The summed E-state index contributed by atoms with van der Waals surface area (Å²) in [6.07, 6.45) is 0. The zero-order chi connectivity index (χ0) is 6.57. The topological polar surface area (TPSA) is 38.0 Å². The van der Waals surface area contributed by atoms with Gasteiger partial charge in [0.1, 0.15) is 0 Å². The second-order valence-corrected chi connectivity index (χ2v) is 2.44. The van der Waals surface area contributed by atoms with Crippen LogP contribution in [0.2, 0.25) is 0 Å². The Bertz CT molecular complexity index is 52.5. The summed E-state index contributed by atoms with van der Waals surface area (Å²) < 4.78 is 0. The lowest BCUT2D eigenvalue weighted by Crippen LogP contribution is -2.35. The summed E-state index contributed by atoms with van der Waals surface area (Å²) in [6, 6.07) is 0.542. The second kappa shape index (κ2) is 3.87. The van der Waals surface area contributed by atoms with Crippen molar-refractivity contribution in [1.29, 1.82) is 0 Å². The maximum Gasteiger partial charge on any atom is 0.0430 e. The molecule has 0 bridgehead atoms. The Kier molecular flexibility index (Phi) is 3.83. The number of nitrogens with two attached hydrogens (primary N) is 1. The molecule has 0 aliphatic rings. The molecule has 0 saturated heterocycles. The number of hydrogen-bond donors (Lipinski definition) is 2. The fourth-order valence-corrected chi connectivity index (χ4v) is 0.422. The Morgan fingerprint density at radius 3 is 2.00 bits per heavy atom. The Labute approximate surface area is 51.5 Å². The zero-order valence-corrected chi connectivity index (χ0v) is 5.94. The Morgan fingerprint density at radius 1 is 1.38 bits per heavy atom. The van der Waals surface area contributed by atoms with E-state index < -0.39 is 0 Å². The summed E-state index contributed by atoms with van der Waals surface area (Å²) in [6.45, 7) is 7.07. The third-order valence-electron chi connectivity index (χ3n) is 1.44. The molecule has 3 N–H and O–H groups in total. The van der Waals surface area contributed by atoms with Crippen LogP contribution in [0.25, 0.3) is 0 Å². The summed E-state index contributed by atoms with van der Waals surface area (Å²) in [5.41, 5.74) is 5.26. The van der Waals surface area contributed by atoms with E-state index in [1.54, 1.807) is 0 Å². The van der Waals surface area contributed by atoms with Crippen LogP contribution in [0.3, 0.4) is 0 Å². The minimum Gasteiger partial charge on any atom is -0.318 e. The van der Waals surface area contributed by atoms with Gasteiger partial charge < -0.3 is 11.1 Å². The van der Waals surface area contributed by atoms with Gasteiger partial charge in [-0.1, -0.05) is 13.8 Å². The highest BCUT2D eigenvalue weighted by atomic mass is 15.0. The molecule has 8 heavy (non-hydrogen) atoms. The molecule has 2 heteroatoms. The molecule has 1 atom stereocenters. The van der Waals surface area contributed by atoms with Gasteiger partial charge in [0.25, 0.3) is 0 Å².